The summed E-state index contributed by atoms with van der Waals surface area (Å²) in [7, 11) is 1.71. The van der Waals surface area contributed by atoms with E-state index in [0.717, 1.165) is 19.4 Å². The third-order valence-corrected chi connectivity index (χ3v) is 2.91. The molecule has 88 valence electrons. The molecule has 0 unspecified atom stereocenters. The van der Waals surface area contributed by atoms with Crippen LogP contribution in [0.15, 0.2) is 0 Å². The molecule has 1 fully saturated rings. The summed E-state index contributed by atoms with van der Waals surface area (Å²) in [5.74, 6) is -0.118. The van der Waals surface area contributed by atoms with Crippen molar-refractivity contribution in [2.24, 2.45) is 0 Å². The molecule has 0 saturated heterocycles. The van der Waals surface area contributed by atoms with E-state index in [1.54, 1.807) is 7.11 Å². The fourth-order valence-corrected chi connectivity index (χ4v) is 2.19. The molecule has 0 aromatic rings. The third kappa shape index (κ3) is 3.18. The van der Waals surface area contributed by atoms with Crippen molar-refractivity contribution in [3.63, 3.8) is 0 Å². The lowest BCUT2D eigenvalue weighted by Crippen LogP contribution is -2.59. The number of hydrogen-bond donors (Lipinski definition) is 1. The van der Waals surface area contributed by atoms with Crippen LogP contribution in [0.1, 0.15) is 33.1 Å². The van der Waals surface area contributed by atoms with Crippen LogP contribution < -0.4 is 5.32 Å². The topological polar surface area (TPSA) is 47.6 Å². The fraction of sp³-hybridized carbons (Fsp3) is 0.909. The molecule has 0 aromatic heterocycles. The molecule has 4 nitrogen and oxygen atoms in total. The van der Waals surface area contributed by atoms with E-state index < -0.39 is 0 Å². The highest BCUT2D eigenvalue weighted by atomic mass is 16.5. The Balaban J connectivity index is 2.42. The van der Waals surface area contributed by atoms with Gasteiger partial charge in [-0.3, -0.25) is 4.79 Å². The van der Waals surface area contributed by atoms with Gasteiger partial charge in [-0.25, -0.2) is 0 Å². The summed E-state index contributed by atoms with van der Waals surface area (Å²) >= 11 is 0. The van der Waals surface area contributed by atoms with Gasteiger partial charge in [-0.2, -0.15) is 0 Å². The van der Waals surface area contributed by atoms with Crippen LogP contribution in [0, 0.1) is 0 Å². The van der Waals surface area contributed by atoms with Crippen molar-refractivity contribution in [2.45, 2.75) is 44.8 Å². The van der Waals surface area contributed by atoms with Gasteiger partial charge in [0.2, 0.25) is 0 Å². The molecule has 0 heterocycles. The minimum atomic E-state index is -0.118. The predicted octanol–water partition coefficient (Wildman–Crippen LogP) is 1.10. The molecular formula is C11H21NO3. The van der Waals surface area contributed by atoms with E-state index >= 15 is 0 Å². The highest BCUT2D eigenvalue weighted by molar-refractivity contribution is 5.71. The summed E-state index contributed by atoms with van der Waals surface area (Å²) in [6.07, 6.45) is 2.54. The summed E-state index contributed by atoms with van der Waals surface area (Å²) in [5.41, 5.74) is -0.0817. The van der Waals surface area contributed by atoms with Crippen molar-refractivity contribution in [3.05, 3.63) is 0 Å². The summed E-state index contributed by atoms with van der Waals surface area (Å²) in [4.78, 5) is 11.4. The molecule has 1 N–H and O–H groups in total. The van der Waals surface area contributed by atoms with Crippen LogP contribution in [0.3, 0.4) is 0 Å². The Hall–Kier alpha value is -0.610. The number of ether oxygens (including phenoxy) is 2. The lowest BCUT2D eigenvalue weighted by atomic mass is 9.72. The van der Waals surface area contributed by atoms with Gasteiger partial charge >= 0.3 is 5.97 Å². The normalized spacial score (nSPS) is 29.7. The maximum atomic E-state index is 11.4. The van der Waals surface area contributed by atoms with E-state index in [2.05, 4.69) is 5.32 Å². The molecule has 4 heteroatoms. The van der Waals surface area contributed by atoms with Crippen LogP contribution in [-0.2, 0) is 14.3 Å². The van der Waals surface area contributed by atoms with Gasteiger partial charge in [-0.15, -0.1) is 0 Å². The predicted molar refractivity (Wildman–Crippen MR) is 57.7 cm³/mol. The maximum absolute atomic E-state index is 11.4. The number of nitrogens with one attached hydrogen (secondary N) is 1. The Labute approximate surface area is 91.3 Å². The minimum Gasteiger partial charge on any atom is -0.466 e. The van der Waals surface area contributed by atoms with Crippen molar-refractivity contribution >= 4 is 5.97 Å². The Morgan fingerprint density at radius 1 is 1.47 bits per heavy atom. The van der Waals surface area contributed by atoms with Gasteiger partial charge in [-0.05, 0) is 26.3 Å². The lowest BCUT2D eigenvalue weighted by Gasteiger charge is -2.47. The number of methoxy groups -OCH3 is 1. The first-order valence-corrected chi connectivity index (χ1v) is 5.59. The summed E-state index contributed by atoms with van der Waals surface area (Å²) < 4.78 is 10.2. The molecule has 0 spiro atoms. The van der Waals surface area contributed by atoms with Crippen molar-refractivity contribution < 1.29 is 14.3 Å². The van der Waals surface area contributed by atoms with E-state index in [-0.39, 0.29) is 11.5 Å². The van der Waals surface area contributed by atoms with Crippen molar-refractivity contribution in [2.75, 3.05) is 20.3 Å². The monoisotopic (exact) mass is 215 g/mol. The highest BCUT2D eigenvalue weighted by Gasteiger charge is 2.45. The molecule has 1 aliphatic rings. The average molecular weight is 215 g/mol. The molecule has 0 radical (unpaired) electrons. The van der Waals surface area contributed by atoms with Gasteiger partial charge in [0.1, 0.15) is 0 Å². The molecule has 1 saturated carbocycles. The van der Waals surface area contributed by atoms with E-state index in [0.29, 0.717) is 19.1 Å². The molecule has 1 aliphatic carbocycles. The third-order valence-electron chi connectivity index (χ3n) is 2.91. The zero-order valence-corrected chi connectivity index (χ0v) is 9.84. The smallest absolute Gasteiger partial charge is 0.307 e. The van der Waals surface area contributed by atoms with Gasteiger partial charge in [0.25, 0.3) is 0 Å². The van der Waals surface area contributed by atoms with Crippen molar-refractivity contribution in [1.82, 2.24) is 5.32 Å². The van der Waals surface area contributed by atoms with E-state index in [9.17, 15) is 4.79 Å². The van der Waals surface area contributed by atoms with Gasteiger partial charge in [-0.1, -0.05) is 6.92 Å². The number of carbonyl (C=O) groups is 1. The first-order valence-electron chi connectivity index (χ1n) is 5.59. The van der Waals surface area contributed by atoms with Gasteiger partial charge < -0.3 is 14.8 Å². The quantitative estimate of drug-likeness (QED) is 0.674. The fourth-order valence-electron chi connectivity index (χ4n) is 2.19. The Kier molecular flexibility index (Phi) is 4.54. The second kappa shape index (κ2) is 5.47. The molecule has 0 aliphatic heterocycles. The molecular weight excluding hydrogens is 194 g/mol. The zero-order chi connectivity index (χ0) is 11.3. The number of rotatable bonds is 6. The Bertz CT molecular complexity index is 212. The number of carbonyl (C=O) groups excluding carboxylic acids is 1. The van der Waals surface area contributed by atoms with E-state index in [4.69, 9.17) is 9.47 Å². The van der Waals surface area contributed by atoms with E-state index in [1.165, 1.54) is 0 Å². The summed E-state index contributed by atoms with van der Waals surface area (Å²) in [5, 5.41) is 3.37. The molecule has 0 atom stereocenters. The Morgan fingerprint density at radius 2 is 2.13 bits per heavy atom. The van der Waals surface area contributed by atoms with Crippen LogP contribution in [0.5, 0.6) is 0 Å². The van der Waals surface area contributed by atoms with Crippen LogP contribution >= 0.6 is 0 Å². The molecule has 0 amide bonds. The van der Waals surface area contributed by atoms with E-state index in [1.807, 2.05) is 13.8 Å². The largest absolute Gasteiger partial charge is 0.466 e. The Morgan fingerprint density at radius 3 is 2.60 bits per heavy atom. The van der Waals surface area contributed by atoms with Gasteiger partial charge in [0, 0.05) is 12.6 Å². The molecule has 15 heavy (non-hydrogen) atoms. The second-order valence-corrected chi connectivity index (χ2v) is 4.06. The maximum Gasteiger partial charge on any atom is 0.307 e. The molecule has 1 rings (SSSR count). The van der Waals surface area contributed by atoms with Gasteiger partial charge in [0.05, 0.1) is 19.1 Å². The zero-order valence-electron chi connectivity index (χ0n) is 9.84. The molecule has 0 aromatic carbocycles. The summed E-state index contributed by atoms with van der Waals surface area (Å²) in [6.45, 7) is 5.20. The number of esters is 1. The first-order chi connectivity index (χ1) is 7.15. The van der Waals surface area contributed by atoms with Crippen LogP contribution in [-0.4, -0.2) is 37.9 Å². The summed E-state index contributed by atoms with van der Waals surface area (Å²) in [6, 6.07) is 0. The van der Waals surface area contributed by atoms with Crippen LogP contribution in [0.25, 0.3) is 0 Å². The molecule has 0 bridgehead atoms. The van der Waals surface area contributed by atoms with Gasteiger partial charge in [0.15, 0.2) is 0 Å². The van der Waals surface area contributed by atoms with Crippen molar-refractivity contribution in [3.8, 4) is 0 Å². The first kappa shape index (κ1) is 12.5. The van der Waals surface area contributed by atoms with Crippen molar-refractivity contribution in [1.29, 1.82) is 0 Å². The lowest BCUT2D eigenvalue weighted by molar-refractivity contribution is -0.148. The highest BCUT2D eigenvalue weighted by Crippen LogP contribution is 2.37. The minimum absolute atomic E-state index is 0.0817. The second-order valence-electron chi connectivity index (χ2n) is 4.06. The SMILES string of the molecule is CCNC1(CC(=O)OCC)CC(OC)C1. The van der Waals surface area contributed by atoms with Crippen LogP contribution in [0.4, 0.5) is 0 Å². The number of hydrogen-bond acceptors (Lipinski definition) is 4. The standard InChI is InChI=1S/C11H21NO3/c1-4-12-11(6-9(7-11)14-3)8-10(13)15-5-2/h9,12H,4-8H2,1-3H3. The van der Waals surface area contributed by atoms with Crippen LogP contribution in [0.2, 0.25) is 0 Å². The average Bonchev–Trinajstić information content (AvgIpc) is 2.13.